The van der Waals surface area contributed by atoms with Gasteiger partial charge in [0, 0.05) is 18.7 Å². The highest BCUT2D eigenvalue weighted by molar-refractivity contribution is 5.90. The number of carbonyl (C=O) groups is 2. The van der Waals surface area contributed by atoms with Gasteiger partial charge in [0.25, 0.3) is 0 Å². The molecule has 1 aromatic carbocycles. The summed E-state index contributed by atoms with van der Waals surface area (Å²) in [5.74, 6) is 0.0680. The molecule has 0 aromatic heterocycles. The number of nitrogens with one attached hydrogen (secondary N) is 2. The van der Waals surface area contributed by atoms with Crippen LogP contribution in [0.2, 0.25) is 0 Å². The quantitative estimate of drug-likeness (QED) is 0.869. The monoisotopic (exact) mass is 316 g/mol. The van der Waals surface area contributed by atoms with Gasteiger partial charge in [-0.25, -0.2) is 0 Å². The smallest absolute Gasteiger partial charge is 0.230 e. The Morgan fingerprint density at radius 2 is 1.74 bits per heavy atom. The van der Waals surface area contributed by atoms with E-state index in [-0.39, 0.29) is 17.9 Å². The average molecular weight is 316 g/mol. The van der Waals surface area contributed by atoms with E-state index >= 15 is 0 Å². The largest absolute Gasteiger partial charge is 0.353 e. The maximum absolute atomic E-state index is 13.0. The molecule has 0 radical (unpaired) electrons. The summed E-state index contributed by atoms with van der Waals surface area (Å²) in [5, 5.41) is 5.96. The van der Waals surface area contributed by atoms with Crippen molar-refractivity contribution in [2.45, 2.75) is 70.8 Å². The van der Waals surface area contributed by atoms with Crippen LogP contribution in [-0.2, 0) is 15.0 Å². The van der Waals surface area contributed by atoms with Crippen LogP contribution >= 0.6 is 0 Å². The molecule has 2 rings (SSSR count). The molecule has 1 fully saturated rings. The lowest BCUT2D eigenvalue weighted by atomic mass is 9.68. The van der Waals surface area contributed by atoms with E-state index in [0.29, 0.717) is 0 Å². The summed E-state index contributed by atoms with van der Waals surface area (Å²) in [6.45, 7) is 5.63. The van der Waals surface area contributed by atoms with Gasteiger partial charge in [0.15, 0.2) is 0 Å². The van der Waals surface area contributed by atoms with Gasteiger partial charge in [-0.2, -0.15) is 0 Å². The number of hydrogen-bond donors (Lipinski definition) is 2. The standard InChI is InChI=1S/C19H28N2O2/c1-4-14(2)20-18(23)19(12-6-5-7-13-19)16-8-10-17(11-9-16)21-15(3)22/h8-11,14H,4-7,12-13H2,1-3H3,(H,20,23)(H,21,22)/t14-/m0/s1. The minimum Gasteiger partial charge on any atom is -0.353 e. The summed E-state index contributed by atoms with van der Waals surface area (Å²) in [6, 6.07) is 7.97. The van der Waals surface area contributed by atoms with E-state index in [1.165, 1.54) is 13.3 Å². The molecule has 0 spiro atoms. The first-order valence-corrected chi connectivity index (χ1v) is 8.67. The fourth-order valence-electron chi connectivity index (χ4n) is 3.34. The van der Waals surface area contributed by atoms with Crippen molar-refractivity contribution in [3.8, 4) is 0 Å². The van der Waals surface area contributed by atoms with Crippen LogP contribution in [-0.4, -0.2) is 17.9 Å². The average Bonchev–Trinajstić information content (AvgIpc) is 2.55. The topological polar surface area (TPSA) is 58.2 Å². The van der Waals surface area contributed by atoms with E-state index in [9.17, 15) is 9.59 Å². The Kier molecular flexibility index (Phi) is 5.80. The van der Waals surface area contributed by atoms with Crippen LogP contribution in [0.5, 0.6) is 0 Å². The molecule has 0 heterocycles. The van der Waals surface area contributed by atoms with E-state index in [2.05, 4.69) is 17.6 Å². The molecule has 0 unspecified atom stereocenters. The van der Waals surface area contributed by atoms with Crippen molar-refractivity contribution in [3.63, 3.8) is 0 Å². The van der Waals surface area contributed by atoms with Crippen LogP contribution in [0.15, 0.2) is 24.3 Å². The highest BCUT2D eigenvalue weighted by Gasteiger charge is 2.41. The Morgan fingerprint density at radius 3 is 2.26 bits per heavy atom. The fraction of sp³-hybridized carbons (Fsp3) is 0.579. The molecule has 2 N–H and O–H groups in total. The molecule has 2 amide bonds. The Balaban J connectivity index is 2.27. The van der Waals surface area contributed by atoms with Gasteiger partial charge in [-0.3, -0.25) is 9.59 Å². The molecule has 126 valence electrons. The van der Waals surface area contributed by atoms with Gasteiger partial charge in [0.2, 0.25) is 11.8 Å². The first kappa shape index (κ1) is 17.5. The molecule has 1 aliphatic rings. The highest BCUT2D eigenvalue weighted by Crippen LogP contribution is 2.40. The fourth-order valence-corrected chi connectivity index (χ4v) is 3.34. The minimum absolute atomic E-state index is 0.0837. The Labute approximate surface area is 139 Å². The predicted molar refractivity (Wildman–Crippen MR) is 93.4 cm³/mol. The maximum Gasteiger partial charge on any atom is 0.230 e. The van der Waals surface area contributed by atoms with E-state index in [1.807, 2.05) is 31.2 Å². The lowest BCUT2D eigenvalue weighted by Crippen LogP contribution is -2.48. The highest BCUT2D eigenvalue weighted by atomic mass is 16.2. The van der Waals surface area contributed by atoms with E-state index in [4.69, 9.17) is 0 Å². The summed E-state index contributed by atoms with van der Waals surface area (Å²) in [4.78, 5) is 24.1. The number of amides is 2. The SMILES string of the molecule is CC[C@H](C)NC(=O)C1(c2ccc(NC(C)=O)cc2)CCCCC1. The van der Waals surface area contributed by atoms with Crippen LogP contribution < -0.4 is 10.6 Å². The third-order valence-electron chi connectivity index (χ3n) is 4.89. The normalized spacial score (nSPS) is 18.0. The van der Waals surface area contributed by atoms with Crippen LogP contribution in [0, 0.1) is 0 Å². The van der Waals surface area contributed by atoms with Gasteiger partial charge < -0.3 is 10.6 Å². The van der Waals surface area contributed by atoms with Crippen molar-refractivity contribution in [1.29, 1.82) is 0 Å². The lowest BCUT2D eigenvalue weighted by molar-refractivity contribution is -0.128. The predicted octanol–water partition coefficient (Wildman–Crippen LogP) is 3.76. The lowest BCUT2D eigenvalue weighted by Gasteiger charge is -2.37. The Hall–Kier alpha value is -1.84. The molecule has 4 nitrogen and oxygen atoms in total. The molecule has 1 saturated carbocycles. The maximum atomic E-state index is 13.0. The third kappa shape index (κ3) is 4.12. The third-order valence-corrected chi connectivity index (χ3v) is 4.89. The van der Waals surface area contributed by atoms with Crippen molar-refractivity contribution in [1.82, 2.24) is 5.32 Å². The number of rotatable bonds is 5. The molecule has 1 atom stereocenters. The van der Waals surface area contributed by atoms with Crippen LogP contribution in [0.3, 0.4) is 0 Å². The molecule has 0 aliphatic heterocycles. The Morgan fingerprint density at radius 1 is 1.13 bits per heavy atom. The molecular weight excluding hydrogens is 288 g/mol. The molecule has 0 saturated heterocycles. The van der Waals surface area contributed by atoms with Gasteiger partial charge >= 0.3 is 0 Å². The van der Waals surface area contributed by atoms with Gasteiger partial charge in [-0.05, 0) is 43.9 Å². The number of benzene rings is 1. The van der Waals surface area contributed by atoms with Gasteiger partial charge in [-0.15, -0.1) is 0 Å². The summed E-state index contributed by atoms with van der Waals surface area (Å²) in [7, 11) is 0. The Bertz CT molecular complexity index is 545. The number of anilines is 1. The van der Waals surface area contributed by atoms with Gasteiger partial charge in [-0.1, -0.05) is 38.3 Å². The van der Waals surface area contributed by atoms with Crippen molar-refractivity contribution in [2.24, 2.45) is 0 Å². The zero-order chi connectivity index (χ0) is 16.9. The minimum atomic E-state index is -0.420. The van der Waals surface area contributed by atoms with E-state index in [1.54, 1.807) is 0 Å². The number of carbonyl (C=O) groups excluding carboxylic acids is 2. The number of hydrogen-bond acceptors (Lipinski definition) is 2. The van der Waals surface area contributed by atoms with E-state index in [0.717, 1.165) is 43.4 Å². The zero-order valence-corrected chi connectivity index (χ0v) is 14.4. The summed E-state index contributed by atoms with van der Waals surface area (Å²) < 4.78 is 0. The summed E-state index contributed by atoms with van der Waals surface area (Å²) in [6.07, 6.45) is 6.10. The molecule has 0 bridgehead atoms. The summed E-state index contributed by atoms with van der Waals surface area (Å²) >= 11 is 0. The zero-order valence-electron chi connectivity index (χ0n) is 14.4. The second-order valence-corrected chi connectivity index (χ2v) is 6.68. The second-order valence-electron chi connectivity index (χ2n) is 6.68. The summed E-state index contributed by atoms with van der Waals surface area (Å²) in [5.41, 5.74) is 1.41. The molecule has 23 heavy (non-hydrogen) atoms. The van der Waals surface area contributed by atoms with Crippen molar-refractivity contribution < 1.29 is 9.59 Å². The van der Waals surface area contributed by atoms with E-state index < -0.39 is 5.41 Å². The van der Waals surface area contributed by atoms with Crippen LogP contribution in [0.1, 0.15) is 64.9 Å². The second kappa shape index (κ2) is 7.62. The van der Waals surface area contributed by atoms with Gasteiger partial charge in [0.05, 0.1) is 5.41 Å². The van der Waals surface area contributed by atoms with Gasteiger partial charge in [0.1, 0.15) is 0 Å². The first-order chi connectivity index (χ1) is 11.0. The van der Waals surface area contributed by atoms with Crippen molar-refractivity contribution >= 4 is 17.5 Å². The molecule has 4 heteroatoms. The molecule has 1 aliphatic carbocycles. The van der Waals surface area contributed by atoms with Crippen LogP contribution in [0.25, 0.3) is 0 Å². The first-order valence-electron chi connectivity index (χ1n) is 8.67. The van der Waals surface area contributed by atoms with Crippen molar-refractivity contribution in [2.75, 3.05) is 5.32 Å². The van der Waals surface area contributed by atoms with Crippen LogP contribution in [0.4, 0.5) is 5.69 Å². The molecular formula is C19H28N2O2. The molecule has 1 aromatic rings. The van der Waals surface area contributed by atoms with Crippen molar-refractivity contribution in [3.05, 3.63) is 29.8 Å².